The molecule has 0 heterocycles. The van der Waals surface area contributed by atoms with E-state index in [1.807, 2.05) is 60.7 Å². The van der Waals surface area contributed by atoms with Gasteiger partial charge in [0.15, 0.2) is 0 Å². The molecule has 1 atom stereocenters. The lowest BCUT2D eigenvalue weighted by Gasteiger charge is -2.15. The lowest BCUT2D eigenvalue weighted by Crippen LogP contribution is -2.29. The van der Waals surface area contributed by atoms with Gasteiger partial charge in [-0.1, -0.05) is 86.3 Å². The molecule has 7 N–H and O–H groups in total. The van der Waals surface area contributed by atoms with Crippen LogP contribution in [0.3, 0.4) is 0 Å². The maximum atomic E-state index is 11.1. The van der Waals surface area contributed by atoms with Gasteiger partial charge in [0.05, 0.1) is 0 Å². The monoisotopic (exact) mass is 563 g/mol. The summed E-state index contributed by atoms with van der Waals surface area (Å²) in [6, 6.07) is 24.8. The Balaban J connectivity index is 0.000000284. The van der Waals surface area contributed by atoms with Crippen LogP contribution in [0.5, 0.6) is 11.5 Å². The Bertz CT molecular complexity index is 1060. The van der Waals surface area contributed by atoms with E-state index >= 15 is 0 Å². The molecule has 0 radical (unpaired) electrons. The molecule has 4 rings (SSSR count). The molecule has 0 amide bonds. The quantitative estimate of drug-likeness (QED) is 0.167. The van der Waals surface area contributed by atoms with Gasteiger partial charge in [-0.3, -0.25) is 9.59 Å². The summed E-state index contributed by atoms with van der Waals surface area (Å²) in [6.07, 6.45) is 9.62. The lowest BCUT2D eigenvalue weighted by atomic mass is 9.97. The van der Waals surface area contributed by atoms with Crippen LogP contribution in [-0.2, 0) is 18.0 Å². The maximum absolute atomic E-state index is 11.1. The molecule has 0 aromatic heterocycles. The van der Waals surface area contributed by atoms with Gasteiger partial charge in [-0.05, 0) is 55.5 Å². The highest BCUT2D eigenvalue weighted by Crippen LogP contribution is 2.24. The molecule has 0 saturated heterocycles. The number of ether oxygens (including phenoxy) is 2. The van der Waals surface area contributed by atoms with Crippen molar-refractivity contribution in [2.75, 3.05) is 6.54 Å². The summed E-state index contributed by atoms with van der Waals surface area (Å²) < 4.78 is 11.6. The van der Waals surface area contributed by atoms with Gasteiger partial charge in [0.25, 0.3) is 0 Å². The smallest absolute Gasteiger partial charge is 0.320 e. The van der Waals surface area contributed by atoms with E-state index in [2.05, 4.69) is 0 Å². The first kappa shape index (κ1) is 33.5. The van der Waals surface area contributed by atoms with E-state index in [-0.39, 0.29) is 0 Å². The lowest BCUT2D eigenvalue weighted by molar-refractivity contribution is -0.138. The predicted octanol–water partition coefficient (Wildman–Crippen LogP) is 5.46. The summed E-state index contributed by atoms with van der Waals surface area (Å²) in [7, 11) is 0. The number of carboxylic acids is 1. The van der Waals surface area contributed by atoms with Crippen LogP contribution in [0.15, 0.2) is 78.9 Å². The largest absolute Gasteiger partial charge is 0.489 e. The van der Waals surface area contributed by atoms with Crippen LogP contribution in [-0.4, -0.2) is 36.0 Å². The molecule has 41 heavy (non-hydrogen) atoms. The number of aldehydes is 1. The molecular formula is C33H45N3O5. The van der Waals surface area contributed by atoms with E-state index in [9.17, 15) is 9.59 Å². The van der Waals surface area contributed by atoms with Gasteiger partial charge in [-0.2, -0.15) is 0 Å². The minimum atomic E-state index is -0.933. The Kier molecular flexibility index (Phi) is 16.5. The first-order valence-corrected chi connectivity index (χ1v) is 14.3. The van der Waals surface area contributed by atoms with Crippen molar-refractivity contribution in [1.82, 2.24) is 0 Å². The van der Waals surface area contributed by atoms with Gasteiger partial charge < -0.3 is 31.8 Å². The third kappa shape index (κ3) is 15.0. The second-order valence-electron chi connectivity index (χ2n) is 10.0. The van der Waals surface area contributed by atoms with Crippen LogP contribution in [0.4, 0.5) is 0 Å². The highest BCUT2D eigenvalue weighted by atomic mass is 16.5. The van der Waals surface area contributed by atoms with Crippen molar-refractivity contribution in [1.29, 1.82) is 0 Å². The van der Waals surface area contributed by atoms with Crippen molar-refractivity contribution >= 4 is 12.3 Å². The maximum Gasteiger partial charge on any atom is 0.320 e. The highest BCUT2D eigenvalue weighted by Gasteiger charge is 2.09. The molecule has 1 saturated carbocycles. The minimum absolute atomic E-state index is 0.446. The molecule has 1 fully saturated rings. The summed E-state index contributed by atoms with van der Waals surface area (Å²) >= 11 is 0. The highest BCUT2D eigenvalue weighted by molar-refractivity contribution is 5.76. The fourth-order valence-corrected chi connectivity index (χ4v) is 4.08. The second-order valence-corrected chi connectivity index (χ2v) is 10.0. The Hall–Kier alpha value is -3.72. The topological polar surface area (TPSA) is 151 Å². The summed E-state index contributed by atoms with van der Waals surface area (Å²) in [5.41, 5.74) is 18.7. The Labute approximate surface area is 243 Å². The van der Waals surface area contributed by atoms with Gasteiger partial charge >= 0.3 is 5.97 Å². The number of carbonyl (C=O) groups excluding carboxylic acids is 1. The first-order valence-electron chi connectivity index (χ1n) is 14.3. The molecule has 1 aliphatic rings. The molecule has 3 aromatic rings. The zero-order valence-corrected chi connectivity index (χ0v) is 23.8. The molecule has 0 spiro atoms. The molecule has 8 nitrogen and oxygen atoms in total. The van der Waals surface area contributed by atoms with E-state index in [0.717, 1.165) is 30.3 Å². The van der Waals surface area contributed by atoms with E-state index < -0.39 is 12.0 Å². The molecule has 8 heteroatoms. The van der Waals surface area contributed by atoms with Crippen molar-refractivity contribution < 1.29 is 24.2 Å². The van der Waals surface area contributed by atoms with Crippen LogP contribution < -0.4 is 26.7 Å². The predicted molar refractivity (Wildman–Crippen MR) is 163 cm³/mol. The van der Waals surface area contributed by atoms with E-state index in [0.29, 0.717) is 49.3 Å². The summed E-state index contributed by atoms with van der Waals surface area (Å²) in [5.74, 6) is 0.301. The number of rotatable bonds is 12. The second kappa shape index (κ2) is 20.2. The average Bonchev–Trinajstić information content (AvgIpc) is 3.01. The third-order valence-corrected chi connectivity index (χ3v) is 6.47. The van der Waals surface area contributed by atoms with Crippen LogP contribution in [0, 0.1) is 0 Å². The number of carbonyl (C=O) groups is 2. The molecule has 0 unspecified atom stereocenters. The molecule has 1 aliphatic carbocycles. The Morgan fingerprint density at radius 1 is 0.854 bits per heavy atom. The average molecular weight is 564 g/mol. The number of hydrogen-bond acceptors (Lipinski definition) is 7. The third-order valence-electron chi connectivity index (χ3n) is 6.47. The summed E-state index contributed by atoms with van der Waals surface area (Å²) in [6.45, 7) is 1.49. The zero-order chi connectivity index (χ0) is 29.7. The van der Waals surface area contributed by atoms with Crippen LogP contribution in [0.25, 0.3) is 0 Å². The van der Waals surface area contributed by atoms with Crippen LogP contribution in [0.2, 0.25) is 0 Å². The van der Waals surface area contributed by atoms with E-state index in [1.54, 1.807) is 18.2 Å². The first-order chi connectivity index (χ1) is 19.9. The Morgan fingerprint density at radius 2 is 1.37 bits per heavy atom. The fraction of sp³-hybridized carbons (Fsp3) is 0.394. The molecule has 222 valence electrons. The number of unbranched alkanes of at least 4 members (excludes halogenated alkanes) is 1. The number of benzene rings is 3. The van der Waals surface area contributed by atoms with Crippen LogP contribution >= 0.6 is 0 Å². The number of carboxylic acid groups (broad SMARTS) is 1. The van der Waals surface area contributed by atoms with Crippen molar-refractivity contribution in [2.45, 2.75) is 76.7 Å². The van der Waals surface area contributed by atoms with Crippen LogP contribution in [0.1, 0.15) is 72.9 Å². The van der Waals surface area contributed by atoms with Crippen molar-refractivity contribution in [3.8, 4) is 11.5 Å². The minimum Gasteiger partial charge on any atom is -0.489 e. The zero-order valence-electron chi connectivity index (χ0n) is 23.8. The Morgan fingerprint density at radius 3 is 1.76 bits per heavy atom. The van der Waals surface area contributed by atoms with E-state index in [1.165, 1.54) is 32.1 Å². The van der Waals surface area contributed by atoms with Gasteiger partial charge in [0.1, 0.15) is 37.0 Å². The molecule has 0 bridgehead atoms. The van der Waals surface area contributed by atoms with Gasteiger partial charge in [-0.15, -0.1) is 0 Å². The number of hydrogen-bond donors (Lipinski definition) is 4. The van der Waals surface area contributed by atoms with Crippen molar-refractivity contribution in [3.05, 3.63) is 95.6 Å². The van der Waals surface area contributed by atoms with Gasteiger partial charge in [0.2, 0.25) is 0 Å². The fourth-order valence-electron chi connectivity index (χ4n) is 4.08. The summed E-state index contributed by atoms with van der Waals surface area (Å²) in [4.78, 5) is 21.3. The molecule has 0 aliphatic heterocycles. The number of aliphatic carboxylic acids is 1. The van der Waals surface area contributed by atoms with Gasteiger partial charge in [-0.25, -0.2) is 0 Å². The van der Waals surface area contributed by atoms with Gasteiger partial charge in [0, 0.05) is 17.7 Å². The normalized spacial score (nSPS) is 13.4. The van der Waals surface area contributed by atoms with Crippen molar-refractivity contribution in [2.24, 2.45) is 17.2 Å². The molecule has 3 aromatic carbocycles. The van der Waals surface area contributed by atoms with Crippen molar-refractivity contribution in [3.63, 3.8) is 0 Å². The van der Waals surface area contributed by atoms with E-state index in [4.69, 9.17) is 31.8 Å². The molecular weight excluding hydrogens is 518 g/mol. The SMILES string of the molecule is NC1CCCCC1.NCCCC[C@H](N)C(=O)O.O=Cc1cc(OCc2ccccc2)cc(OCc2ccccc2)c1. The summed E-state index contributed by atoms with van der Waals surface area (Å²) in [5, 5.41) is 8.33. The standard InChI is InChI=1S/C21H18O3.C6H14N2O2.C6H13N/c22-14-19-11-20(23-15-17-7-3-1-4-8-17)13-21(12-19)24-16-18-9-5-2-6-10-18;7-4-2-1-3-5(8)6(9)10;7-6-4-2-1-3-5-6/h1-14H,15-16H2;5H,1-4,7-8H2,(H,9,10);6H,1-5,7H2/t;5-;/m.0./s1. The number of nitrogens with two attached hydrogens (primary N) is 3.